The second-order valence-corrected chi connectivity index (χ2v) is 8.23. The molecule has 3 aromatic rings. The minimum absolute atomic E-state index is 0.122. The van der Waals surface area contributed by atoms with E-state index in [1.165, 1.54) is 16.8 Å². The Balaban J connectivity index is 1.81. The summed E-state index contributed by atoms with van der Waals surface area (Å²) >= 11 is 11.9. The lowest BCUT2D eigenvalue weighted by Crippen LogP contribution is -2.36. The van der Waals surface area contributed by atoms with Crippen LogP contribution in [0.3, 0.4) is 0 Å². The van der Waals surface area contributed by atoms with E-state index < -0.39 is 29.4 Å². The summed E-state index contributed by atoms with van der Waals surface area (Å²) in [5, 5.41) is 25.0. The van der Waals surface area contributed by atoms with Crippen molar-refractivity contribution >= 4 is 40.9 Å². The number of aromatic nitrogens is 1. The van der Waals surface area contributed by atoms with Crippen LogP contribution >= 0.6 is 23.2 Å². The Labute approximate surface area is 199 Å². The molecule has 0 saturated carbocycles. The summed E-state index contributed by atoms with van der Waals surface area (Å²) in [6.07, 6.45) is 1.02. The van der Waals surface area contributed by atoms with Gasteiger partial charge in [0, 0.05) is 6.20 Å². The van der Waals surface area contributed by atoms with Gasteiger partial charge in [-0.3, -0.25) is 9.59 Å². The first-order chi connectivity index (χ1) is 15.6. The smallest absolute Gasteiger partial charge is 0.319 e. The maximum atomic E-state index is 12.9. The first-order valence-corrected chi connectivity index (χ1v) is 10.6. The van der Waals surface area contributed by atoms with Crippen LogP contribution in [-0.2, 0) is 11.3 Å². The number of aryl methyl sites for hydroxylation is 1. The van der Waals surface area contributed by atoms with Crippen molar-refractivity contribution in [2.45, 2.75) is 25.9 Å². The number of pyridine rings is 1. The first kappa shape index (κ1) is 24.2. The quantitative estimate of drug-likeness (QED) is 0.387. The highest BCUT2D eigenvalue weighted by Gasteiger charge is 2.20. The van der Waals surface area contributed by atoms with E-state index in [0.717, 1.165) is 5.56 Å². The molecule has 0 fully saturated rings. The number of benzene rings is 2. The third kappa shape index (κ3) is 6.27. The van der Waals surface area contributed by atoms with E-state index >= 15 is 0 Å². The number of carbonyl (C=O) groups is 2. The third-order valence-corrected chi connectivity index (χ3v) is 5.62. The molecule has 0 saturated heterocycles. The van der Waals surface area contributed by atoms with Crippen LogP contribution in [0, 0.1) is 6.92 Å². The summed E-state index contributed by atoms with van der Waals surface area (Å²) in [6.45, 7) is 2.01. The van der Waals surface area contributed by atoms with Crippen molar-refractivity contribution in [3.05, 3.63) is 91.8 Å². The van der Waals surface area contributed by atoms with Gasteiger partial charge in [0.05, 0.1) is 29.1 Å². The van der Waals surface area contributed by atoms with E-state index in [0.29, 0.717) is 21.2 Å². The predicted octanol–water partition coefficient (Wildman–Crippen LogP) is 4.55. The zero-order chi connectivity index (χ0) is 24.1. The molecule has 0 spiro atoms. The van der Waals surface area contributed by atoms with Gasteiger partial charge in [0.2, 0.25) is 0 Å². The number of nitrogens with one attached hydrogen (secondary N) is 2. The molecule has 0 radical (unpaired) electrons. The Morgan fingerprint density at radius 1 is 1.06 bits per heavy atom. The molecule has 0 aliphatic carbocycles. The molecular formula is C23H21Cl2N3O5. The van der Waals surface area contributed by atoms with Gasteiger partial charge >= 0.3 is 12.0 Å². The van der Waals surface area contributed by atoms with Crippen LogP contribution < -0.4 is 16.2 Å². The van der Waals surface area contributed by atoms with Crippen LogP contribution in [0.1, 0.15) is 29.2 Å². The van der Waals surface area contributed by atoms with E-state index in [4.69, 9.17) is 23.2 Å². The molecule has 3 rings (SSSR count). The zero-order valence-corrected chi connectivity index (χ0v) is 19.0. The number of halogens is 2. The number of urea groups is 1. The van der Waals surface area contributed by atoms with Crippen molar-refractivity contribution in [1.29, 1.82) is 0 Å². The maximum Gasteiger partial charge on any atom is 0.319 e. The van der Waals surface area contributed by atoms with Crippen molar-refractivity contribution in [3.8, 4) is 5.75 Å². The number of aromatic hydroxyl groups is 1. The predicted molar refractivity (Wildman–Crippen MR) is 126 cm³/mol. The number of anilines is 1. The molecular weight excluding hydrogens is 469 g/mol. The van der Waals surface area contributed by atoms with Crippen molar-refractivity contribution < 1.29 is 19.8 Å². The summed E-state index contributed by atoms with van der Waals surface area (Å²) in [4.78, 5) is 36.7. The Morgan fingerprint density at radius 2 is 1.76 bits per heavy atom. The maximum absolute atomic E-state index is 12.9. The molecule has 0 aliphatic heterocycles. The number of rotatable bonds is 7. The molecule has 10 heteroatoms. The van der Waals surface area contributed by atoms with Crippen LogP contribution in [0.4, 0.5) is 10.5 Å². The standard InChI is InChI=1S/C23H21Cl2N3O5/c1-13-2-5-15(6-3-13)18(11-20(30)31)26-23(33)27-21-19(29)8-9-28(22(21)32)12-14-4-7-16(24)17(25)10-14/h2-10,18,29H,11-12H2,1H3,(H,30,31)(H2,26,27,33)/t18-/m0/s1. The third-order valence-electron chi connectivity index (χ3n) is 4.88. The average molecular weight is 490 g/mol. The SMILES string of the molecule is Cc1ccc([C@H](CC(=O)O)NC(=O)Nc2c(O)ccn(Cc3ccc(Cl)c(Cl)c3)c2=O)cc1. The molecule has 0 unspecified atom stereocenters. The molecule has 0 aliphatic rings. The number of nitrogens with zero attached hydrogens (tertiary/aromatic N) is 1. The van der Waals surface area contributed by atoms with Crippen LogP contribution in [0.15, 0.2) is 59.5 Å². The molecule has 172 valence electrons. The summed E-state index contributed by atoms with van der Waals surface area (Å²) in [6, 6.07) is 11.5. The monoisotopic (exact) mass is 489 g/mol. The molecule has 4 N–H and O–H groups in total. The fourth-order valence-corrected chi connectivity index (χ4v) is 3.50. The second kappa shape index (κ2) is 10.4. The van der Waals surface area contributed by atoms with Crippen molar-refractivity contribution in [3.63, 3.8) is 0 Å². The van der Waals surface area contributed by atoms with Gasteiger partial charge in [0.1, 0.15) is 5.75 Å². The van der Waals surface area contributed by atoms with E-state index in [1.807, 2.05) is 6.92 Å². The van der Waals surface area contributed by atoms with E-state index in [-0.39, 0.29) is 18.7 Å². The van der Waals surface area contributed by atoms with Crippen LogP contribution in [0.25, 0.3) is 0 Å². The number of carboxylic acid groups (broad SMARTS) is 1. The summed E-state index contributed by atoms with van der Waals surface area (Å²) in [7, 11) is 0. The molecule has 0 bridgehead atoms. The lowest BCUT2D eigenvalue weighted by molar-refractivity contribution is -0.137. The normalized spacial score (nSPS) is 11.6. The van der Waals surface area contributed by atoms with Crippen molar-refractivity contribution in [2.24, 2.45) is 0 Å². The second-order valence-electron chi connectivity index (χ2n) is 7.42. The van der Waals surface area contributed by atoms with Gasteiger partial charge in [-0.05, 0) is 36.2 Å². The molecule has 8 nitrogen and oxygen atoms in total. The molecule has 1 atom stereocenters. The number of carbonyl (C=O) groups excluding carboxylic acids is 1. The van der Waals surface area contributed by atoms with Gasteiger partial charge in [0.25, 0.3) is 5.56 Å². The topological polar surface area (TPSA) is 121 Å². The van der Waals surface area contributed by atoms with Crippen molar-refractivity contribution in [2.75, 3.05) is 5.32 Å². The lowest BCUT2D eigenvalue weighted by atomic mass is 10.0. The minimum Gasteiger partial charge on any atom is -0.505 e. The van der Waals surface area contributed by atoms with Gasteiger partial charge in [-0.25, -0.2) is 4.79 Å². The Morgan fingerprint density at radius 3 is 2.39 bits per heavy atom. The first-order valence-electron chi connectivity index (χ1n) is 9.86. The molecule has 33 heavy (non-hydrogen) atoms. The fraction of sp³-hybridized carbons (Fsp3) is 0.174. The lowest BCUT2D eigenvalue weighted by Gasteiger charge is -2.18. The Bertz CT molecular complexity index is 1240. The number of hydrogen-bond acceptors (Lipinski definition) is 4. The van der Waals surface area contributed by atoms with E-state index in [2.05, 4.69) is 10.6 Å². The fourth-order valence-electron chi connectivity index (χ4n) is 3.17. The van der Waals surface area contributed by atoms with Crippen molar-refractivity contribution in [1.82, 2.24) is 9.88 Å². The number of amides is 2. The highest BCUT2D eigenvalue weighted by molar-refractivity contribution is 6.42. The van der Waals surface area contributed by atoms with Gasteiger partial charge in [-0.15, -0.1) is 0 Å². The number of aliphatic carboxylic acids is 1. The average Bonchev–Trinajstić information content (AvgIpc) is 2.75. The van der Waals surface area contributed by atoms with E-state index in [1.54, 1.807) is 42.5 Å². The molecule has 1 aromatic heterocycles. The largest absolute Gasteiger partial charge is 0.505 e. The molecule has 2 aromatic carbocycles. The van der Waals surface area contributed by atoms with Gasteiger partial charge in [0.15, 0.2) is 5.69 Å². The Hall–Kier alpha value is -3.49. The number of carboxylic acids is 1. The van der Waals surface area contributed by atoms with E-state index in [9.17, 15) is 24.6 Å². The highest BCUT2D eigenvalue weighted by atomic mass is 35.5. The number of hydrogen-bond donors (Lipinski definition) is 4. The summed E-state index contributed by atoms with van der Waals surface area (Å²) in [5.74, 6) is -1.53. The van der Waals surface area contributed by atoms with Crippen LogP contribution in [0.5, 0.6) is 5.75 Å². The van der Waals surface area contributed by atoms with Gasteiger partial charge in [-0.2, -0.15) is 0 Å². The van der Waals surface area contributed by atoms with Crippen LogP contribution in [-0.4, -0.2) is 26.8 Å². The Kier molecular flexibility index (Phi) is 7.63. The van der Waals surface area contributed by atoms with Gasteiger partial charge < -0.3 is 25.4 Å². The minimum atomic E-state index is -1.10. The summed E-state index contributed by atoms with van der Waals surface area (Å²) in [5.41, 5.74) is 1.27. The summed E-state index contributed by atoms with van der Waals surface area (Å²) < 4.78 is 1.28. The van der Waals surface area contributed by atoms with Crippen LogP contribution in [0.2, 0.25) is 10.0 Å². The highest BCUT2D eigenvalue weighted by Crippen LogP contribution is 2.24. The molecule has 1 heterocycles. The molecule has 2 amide bonds. The van der Waals surface area contributed by atoms with Gasteiger partial charge in [-0.1, -0.05) is 59.1 Å². The zero-order valence-electron chi connectivity index (χ0n) is 17.5.